The summed E-state index contributed by atoms with van der Waals surface area (Å²) in [5, 5.41) is 18.1. The topological polar surface area (TPSA) is 93.1 Å². The third kappa shape index (κ3) is 10.7. The number of unbranched alkanes of at least 4 members (excludes halogenated alkanes) is 2. The molecule has 218 valence electrons. The lowest BCUT2D eigenvalue weighted by Gasteiger charge is -2.20. The van der Waals surface area contributed by atoms with Crippen molar-refractivity contribution in [3.05, 3.63) is 88.8 Å². The minimum atomic E-state index is -0.874. The number of carbonyl (C=O) groups is 2. The zero-order valence-corrected chi connectivity index (χ0v) is 23.2. The van der Waals surface area contributed by atoms with Crippen LogP contribution in [0.2, 0.25) is 0 Å². The van der Waals surface area contributed by atoms with Gasteiger partial charge in [0.05, 0.1) is 37.6 Å². The molecule has 0 heterocycles. The van der Waals surface area contributed by atoms with Crippen molar-refractivity contribution in [2.45, 2.75) is 58.3 Å². The SMILES string of the molecule is C=C(CO)C(=O)OCC(CCC1=CC=C(/C(F)=C(\F)c2ccc(CCCCC)cc2)CC1)COC(=O)C(=C)CO. The molecule has 0 fully saturated rings. The van der Waals surface area contributed by atoms with Gasteiger partial charge in [-0.1, -0.05) is 74.9 Å². The van der Waals surface area contributed by atoms with Gasteiger partial charge in [0.25, 0.3) is 0 Å². The van der Waals surface area contributed by atoms with Crippen molar-refractivity contribution in [2.24, 2.45) is 5.92 Å². The smallest absolute Gasteiger partial charge is 0.335 e. The highest BCUT2D eigenvalue weighted by Crippen LogP contribution is 2.33. The number of aliphatic hydroxyl groups excluding tert-OH is 2. The summed E-state index contributed by atoms with van der Waals surface area (Å²) in [5.74, 6) is -3.62. The first-order valence-electron chi connectivity index (χ1n) is 13.6. The van der Waals surface area contributed by atoms with Crippen LogP contribution in [0.3, 0.4) is 0 Å². The predicted molar refractivity (Wildman–Crippen MR) is 151 cm³/mol. The molecule has 0 atom stereocenters. The summed E-state index contributed by atoms with van der Waals surface area (Å²) in [7, 11) is 0. The lowest BCUT2D eigenvalue weighted by atomic mass is 9.91. The molecule has 1 aliphatic carbocycles. The molecule has 1 aromatic rings. The van der Waals surface area contributed by atoms with Crippen molar-refractivity contribution in [3.8, 4) is 0 Å². The molecule has 6 nitrogen and oxygen atoms in total. The van der Waals surface area contributed by atoms with Gasteiger partial charge >= 0.3 is 11.9 Å². The third-order valence-corrected chi connectivity index (χ3v) is 6.72. The summed E-state index contributed by atoms with van der Waals surface area (Å²) in [6.07, 6.45) is 9.49. The maximum absolute atomic E-state index is 15.0. The van der Waals surface area contributed by atoms with Gasteiger partial charge in [0.15, 0.2) is 11.7 Å². The van der Waals surface area contributed by atoms with Gasteiger partial charge in [0, 0.05) is 11.5 Å². The molecule has 0 saturated carbocycles. The van der Waals surface area contributed by atoms with Gasteiger partial charge < -0.3 is 19.7 Å². The van der Waals surface area contributed by atoms with Crippen molar-refractivity contribution in [1.82, 2.24) is 0 Å². The normalized spacial score (nSPS) is 13.8. The summed E-state index contributed by atoms with van der Waals surface area (Å²) in [5.41, 5.74) is 2.42. The van der Waals surface area contributed by atoms with Crippen molar-refractivity contribution in [2.75, 3.05) is 26.4 Å². The highest BCUT2D eigenvalue weighted by Gasteiger charge is 2.20. The number of aliphatic hydroxyl groups is 2. The average molecular weight is 559 g/mol. The number of hydrogen-bond donors (Lipinski definition) is 2. The fourth-order valence-corrected chi connectivity index (χ4v) is 4.06. The molecule has 0 saturated heterocycles. The molecule has 40 heavy (non-hydrogen) atoms. The number of aryl methyl sites for hydroxylation is 1. The quantitative estimate of drug-likeness (QED) is 0.133. The van der Waals surface area contributed by atoms with Gasteiger partial charge in [0.1, 0.15) is 0 Å². The van der Waals surface area contributed by atoms with E-state index in [-0.39, 0.29) is 41.4 Å². The minimum Gasteiger partial charge on any atom is -0.462 e. The molecule has 0 aromatic heterocycles. The van der Waals surface area contributed by atoms with Crippen LogP contribution in [-0.4, -0.2) is 48.6 Å². The third-order valence-electron chi connectivity index (χ3n) is 6.72. The summed E-state index contributed by atoms with van der Waals surface area (Å²) < 4.78 is 40.2. The van der Waals surface area contributed by atoms with Gasteiger partial charge in [-0.15, -0.1) is 0 Å². The molecule has 2 N–H and O–H groups in total. The van der Waals surface area contributed by atoms with E-state index in [1.54, 1.807) is 24.3 Å². The molecule has 0 bridgehead atoms. The Bertz CT molecular complexity index is 1100. The predicted octanol–water partition coefficient (Wildman–Crippen LogP) is 6.25. The van der Waals surface area contributed by atoms with Gasteiger partial charge in [0.2, 0.25) is 0 Å². The van der Waals surface area contributed by atoms with Gasteiger partial charge in [-0.3, -0.25) is 0 Å². The number of ether oxygens (including phenoxy) is 2. The van der Waals surface area contributed by atoms with Crippen LogP contribution in [-0.2, 0) is 25.5 Å². The summed E-state index contributed by atoms with van der Waals surface area (Å²) in [6, 6.07) is 6.92. The van der Waals surface area contributed by atoms with E-state index in [9.17, 15) is 18.4 Å². The van der Waals surface area contributed by atoms with E-state index >= 15 is 0 Å². The molecule has 0 radical (unpaired) electrons. The standard InChI is InChI=1S/C32H40F2O6/c1-4-5-6-7-24-10-14-27(15-11-24)29(33)30(34)28-16-12-25(13-17-28)8-9-26(20-39-31(37)22(2)18-35)21-40-32(38)23(3)19-36/h10-12,14-16,26,35-36H,2-9,13,17-21H2,1H3/b30-29+. The maximum Gasteiger partial charge on any atom is 0.335 e. The highest BCUT2D eigenvalue weighted by molar-refractivity contribution is 5.88. The van der Waals surface area contributed by atoms with E-state index < -0.39 is 36.8 Å². The van der Waals surface area contributed by atoms with Gasteiger partial charge in [-0.2, -0.15) is 0 Å². The molecule has 8 heteroatoms. The van der Waals surface area contributed by atoms with Crippen LogP contribution < -0.4 is 0 Å². The van der Waals surface area contributed by atoms with Crippen molar-refractivity contribution >= 4 is 17.8 Å². The number of carbonyl (C=O) groups excluding carboxylic acids is 2. The van der Waals surface area contributed by atoms with Crippen molar-refractivity contribution in [1.29, 1.82) is 0 Å². The van der Waals surface area contributed by atoms with E-state index in [4.69, 9.17) is 19.7 Å². The first-order valence-corrected chi connectivity index (χ1v) is 13.6. The molecule has 2 rings (SSSR count). The Labute approximate surface area is 235 Å². The first-order chi connectivity index (χ1) is 19.2. The van der Waals surface area contributed by atoms with E-state index in [2.05, 4.69) is 20.1 Å². The number of esters is 2. The van der Waals surface area contributed by atoms with E-state index in [0.29, 0.717) is 25.7 Å². The Hall–Kier alpha value is -3.36. The monoisotopic (exact) mass is 558 g/mol. The first kappa shape index (κ1) is 32.8. The zero-order valence-electron chi connectivity index (χ0n) is 23.2. The summed E-state index contributed by atoms with van der Waals surface area (Å²) in [4.78, 5) is 23.8. The molecular weight excluding hydrogens is 518 g/mol. The van der Waals surface area contributed by atoms with Crippen LogP contribution in [0.15, 0.2) is 77.7 Å². The summed E-state index contributed by atoms with van der Waals surface area (Å²) in [6.45, 7) is 7.76. The van der Waals surface area contributed by atoms with Gasteiger partial charge in [-0.25, -0.2) is 18.4 Å². The Balaban J connectivity index is 2.02. The second kappa shape index (κ2) is 17.4. The van der Waals surface area contributed by atoms with Gasteiger partial charge in [-0.05, 0) is 49.7 Å². The number of hydrogen-bond acceptors (Lipinski definition) is 6. The Kier molecular flexibility index (Phi) is 14.3. The number of benzene rings is 1. The Morgan fingerprint density at radius 2 is 1.48 bits per heavy atom. The van der Waals surface area contributed by atoms with Crippen LogP contribution in [0.25, 0.3) is 5.83 Å². The second-order valence-corrected chi connectivity index (χ2v) is 9.92. The lowest BCUT2D eigenvalue weighted by Crippen LogP contribution is -2.23. The van der Waals surface area contributed by atoms with Crippen molar-refractivity contribution < 1.29 is 38.1 Å². The number of halogens is 2. The number of allylic oxidation sites excluding steroid dienone is 5. The highest BCUT2D eigenvalue weighted by atomic mass is 19.2. The van der Waals surface area contributed by atoms with Crippen LogP contribution in [0.1, 0.15) is 63.0 Å². The van der Waals surface area contributed by atoms with Crippen LogP contribution >= 0.6 is 0 Å². The fraction of sp³-hybridized carbons (Fsp3) is 0.438. The molecule has 0 amide bonds. The van der Waals surface area contributed by atoms with Crippen LogP contribution in [0, 0.1) is 5.92 Å². The molecular formula is C32H40F2O6. The Morgan fingerprint density at radius 3 is 1.98 bits per heavy atom. The van der Waals surface area contributed by atoms with E-state index in [1.165, 1.54) is 0 Å². The summed E-state index contributed by atoms with van der Waals surface area (Å²) >= 11 is 0. The van der Waals surface area contributed by atoms with E-state index in [0.717, 1.165) is 36.8 Å². The minimum absolute atomic E-state index is 0.0783. The van der Waals surface area contributed by atoms with Crippen LogP contribution in [0.4, 0.5) is 8.78 Å². The lowest BCUT2D eigenvalue weighted by molar-refractivity contribution is -0.144. The largest absolute Gasteiger partial charge is 0.462 e. The van der Waals surface area contributed by atoms with E-state index in [1.807, 2.05) is 12.1 Å². The number of rotatable bonds is 17. The zero-order chi connectivity index (χ0) is 29.5. The fourth-order valence-electron chi connectivity index (χ4n) is 4.06. The Morgan fingerprint density at radius 1 is 0.875 bits per heavy atom. The van der Waals surface area contributed by atoms with Crippen molar-refractivity contribution in [3.63, 3.8) is 0 Å². The molecule has 0 aliphatic heterocycles. The molecule has 1 aliphatic rings. The molecule has 0 unspecified atom stereocenters. The maximum atomic E-state index is 15.0. The van der Waals surface area contributed by atoms with Crippen LogP contribution in [0.5, 0.6) is 0 Å². The average Bonchev–Trinajstić information content (AvgIpc) is 2.99. The molecule has 1 aromatic carbocycles. The molecule has 0 spiro atoms. The second-order valence-electron chi connectivity index (χ2n) is 9.92.